The van der Waals surface area contributed by atoms with Gasteiger partial charge in [0.05, 0.1) is 30.1 Å². The molecule has 1 aliphatic rings. The van der Waals surface area contributed by atoms with E-state index in [2.05, 4.69) is 11.8 Å². The summed E-state index contributed by atoms with van der Waals surface area (Å²) in [5, 5.41) is 30.0. The standard InChI is InChI=1S/C16H25NO3S/c1-2-3-9-17-10-14(16(20)15(19)13(17)11-18)21-12-7-5-4-6-8-12/h4-8,13-16,18-20H,2-3,9-11H2,1H3/t13-,14+,15-,16-/m1/s1. The van der Waals surface area contributed by atoms with Crippen LogP contribution in [0.5, 0.6) is 0 Å². The van der Waals surface area contributed by atoms with Gasteiger partial charge in [0, 0.05) is 11.4 Å². The van der Waals surface area contributed by atoms with Gasteiger partial charge >= 0.3 is 0 Å². The first-order chi connectivity index (χ1) is 10.2. The van der Waals surface area contributed by atoms with Crippen LogP contribution < -0.4 is 0 Å². The Morgan fingerprint density at radius 2 is 1.90 bits per heavy atom. The van der Waals surface area contributed by atoms with E-state index in [1.54, 1.807) is 11.8 Å². The predicted molar refractivity (Wildman–Crippen MR) is 85.5 cm³/mol. The van der Waals surface area contributed by atoms with Crippen LogP contribution in [0, 0.1) is 0 Å². The second-order valence-electron chi connectivity index (χ2n) is 5.55. The van der Waals surface area contributed by atoms with Crippen molar-refractivity contribution >= 4 is 11.8 Å². The fraction of sp³-hybridized carbons (Fsp3) is 0.625. The topological polar surface area (TPSA) is 63.9 Å². The second-order valence-corrected chi connectivity index (χ2v) is 6.86. The molecule has 21 heavy (non-hydrogen) atoms. The van der Waals surface area contributed by atoms with Crippen molar-refractivity contribution in [1.29, 1.82) is 0 Å². The van der Waals surface area contributed by atoms with Crippen molar-refractivity contribution in [2.45, 2.75) is 48.2 Å². The summed E-state index contributed by atoms with van der Waals surface area (Å²) in [4.78, 5) is 3.20. The molecule has 1 saturated heterocycles. The highest BCUT2D eigenvalue weighted by Crippen LogP contribution is 2.32. The monoisotopic (exact) mass is 311 g/mol. The Bertz CT molecular complexity index is 417. The van der Waals surface area contributed by atoms with Gasteiger partial charge in [0.25, 0.3) is 0 Å². The van der Waals surface area contributed by atoms with Gasteiger partial charge in [0.1, 0.15) is 0 Å². The third kappa shape index (κ3) is 4.20. The Morgan fingerprint density at radius 3 is 2.52 bits per heavy atom. The van der Waals surface area contributed by atoms with E-state index in [1.165, 1.54) is 0 Å². The number of thioether (sulfide) groups is 1. The summed E-state index contributed by atoms with van der Waals surface area (Å²) in [7, 11) is 0. The Morgan fingerprint density at radius 1 is 1.19 bits per heavy atom. The number of hydrogen-bond donors (Lipinski definition) is 3. The third-order valence-electron chi connectivity index (χ3n) is 4.03. The molecule has 1 aromatic carbocycles. The van der Waals surface area contributed by atoms with E-state index in [0.29, 0.717) is 6.54 Å². The Labute approximate surface area is 130 Å². The lowest BCUT2D eigenvalue weighted by Gasteiger charge is -2.44. The van der Waals surface area contributed by atoms with Crippen molar-refractivity contribution in [3.8, 4) is 0 Å². The minimum Gasteiger partial charge on any atom is -0.395 e. The molecule has 0 bridgehead atoms. The number of aliphatic hydroxyl groups excluding tert-OH is 3. The maximum atomic E-state index is 10.3. The number of nitrogens with zero attached hydrogens (tertiary/aromatic N) is 1. The zero-order chi connectivity index (χ0) is 15.2. The fourth-order valence-electron chi connectivity index (χ4n) is 2.76. The molecule has 1 aliphatic heterocycles. The lowest BCUT2D eigenvalue weighted by Crippen LogP contribution is -2.61. The van der Waals surface area contributed by atoms with Crippen LogP contribution in [0.1, 0.15) is 19.8 Å². The predicted octanol–water partition coefficient (Wildman–Crippen LogP) is 1.35. The quantitative estimate of drug-likeness (QED) is 0.740. The summed E-state index contributed by atoms with van der Waals surface area (Å²) in [5.41, 5.74) is 0. The van der Waals surface area contributed by atoms with Crippen LogP contribution >= 0.6 is 11.8 Å². The van der Waals surface area contributed by atoms with Crippen LogP contribution in [0.15, 0.2) is 35.2 Å². The van der Waals surface area contributed by atoms with E-state index in [9.17, 15) is 15.3 Å². The van der Waals surface area contributed by atoms with Crippen molar-refractivity contribution in [2.75, 3.05) is 19.7 Å². The van der Waals surface area contributed by atoms with Crippen molar-refractivity contribution in [2.24, 2.45) is 0 Å². The SMILES string of the molecule is CCCCN1C[C@H](Sc2ccccc2)[C@@H](O)[C@H](O)[C@H]1CO. The Balaban J connectivity index is 2.07. The molecule has 1 fully saturated rings. The first kappa shape index (κ1) is 16.8. The summed E-state index contributed by atoms with van der Waals surface area (Å²) in [6, 6.07) is 9.57. The van der Waals surface area contributed by atoms with Crippen LogP contribution in [-0.2, 0) is 0 Å². The maximum absolute atomic E-state index is 10.3. The lowest BCUT2D eigenvalue weighted by atomic mass is 9.95. The van der Waals surface area contributed by atoms with E-state index in [-0.39, 0.29) is 17.9 Å². The fourth-order valence-corrected chi connectivity index (χ4v) is 3.99. The van der Waals surface area contributed by atoms with Gasteiger partial charge < -0.3 is 15.3 Å². The average molecular weight is 311 g/mol. The molecule has 5 heteroatoms. The third-order valence-corrected chi connectivity index (χ3v) is 5.30. The lowest BCUT2D eigenvalue weighted by molar-refractivity contribution is -0.0858. The second kappa shape index (κ2) is 8.15. The number of benzene rings is 1. The van der Waals surface area contributed by atoms with E-state index in [0.717, 1.165) is 24.3 Å². The van der Waals surface area contributed by atoms with Crippen molar-refractivity contribution in [3.05, 3.63) is 30.3 Å². The largest absolute Gasteiger partial charge is 0.395 e. The number of aliphatic hydroxyl groups is 3. The summed E-state index contributed by atoms with van der Waals surface area (Å²) < 4.78 is 0. The Kier molecular flexibility index (Phi) is 6.51. The van der Waals surface area contributed by atoms with Crippen LogP contribution in [0.2, 0.25) is 0 Å². The summed E-state index contributed by atoms with van der Waals surface area (Å²) in [5.74, 6) is 0. The number of piperidine rings is 1. The number of likely N-dealkylation sites (tertiary alicyclic amines) is 1. The summed E-state index contributed by atoms with van der Waals surface area (Å²) in [6.07, 6.45) is 0.387. The molecule has 0 unspecified atom stereocenters. The molecular formula is C16H25NO3S. The normalized spacial score (nSPS) is 30.5. The molecule has 0 aliphatic carbocycles. The van der Waals surface area contributed by atoms with Gasteiger partial charge in [-0.1, -0.05) is 31.5 Å². The van der Waals surface area contributed by atoms with Crippen molar-refractivity contribution < 1.29 is 15.3 Å². The zero-order valence-corrected chi connectivity index (χ0v) is 13.2. The Hall–Kier alpha value is -0.590. The van der Waals surface area contributed by atoms with Gasteiger partial charge in [0.15, 0.2) is 0 Å². The highest BCUT2D eigenvalue weighted by Gasteiger charge is 2.41. The molecule has 1 heterocycles. The van der Waals surface area contributed by atoms with Gasteiger partial charge in [-0.15, -0.1) is 11.8 Å². The minimum absolute atomic E-state index is 0.0814. The van der Waals surface area contributed by atoms with Crippen LogP contribution in [0.3, 0.4) is 0 Å². The van der Waals surface area contributed by atoms with Gasteiger partial charge in [-0.2, -0.15) is 0 Å². The highest BCUT2D eigenvalue weighted by atomic mass is 32.2. The van der Waals surface area contributed by atoms with Crippen molar-refractivity contribution in [1.82, 2.24) is 4.90 Å². The smallest absolute Gasteiger partial charge is 0.0987 e. The molecule has 0 saturated carbocycles. The van der Waals surface area contributed by atoms with E-state index < -0.39 is 12.2 Å². The average Bonchev–Trinajstić information content (AvgIpc) is 2.51. The first-order valence-electron chi connectivity index (χ1n) is 7.60. The van der Waals surface area contributed by atoms with E-state index in [1.807, 2.05) is 30.3 Å². The van der Waals surface area contributed by atoms with Gasteiger partial charge in [0.2, 0.25) is 0 Å². The molecule has 4 atom stereocenters. The molecule has 0 aromatic heterocycles. The highest BCUT2D eigenvalue weighted by molar-refractivity contribution is 8.00. The van der Waals surface area contributed by atoms with Gasteiger partial charge in [-0.05, 0) is 25.1 Å². The molecule has 0 amide bonds. The molecule has 1 aromatic rings. The van der Waals surface area contributed by atoms with Crippen LogP contribution in [-0.4, -0.2) is 63.4 Å². The molecule has 4 nitrogen and oxygen atoms in total. The van der Waals surface area contributed by atoms with Crippen molar-refractivity contribution in [3.63, 3.8) is 0 Å². The summed E-state index contributed by atoms with van der Waals surface area (Å²) in [6.45, 7) is 3.53. The molecular weight excluding hydrogens is 286 g/mol. The minimum atomic E-state index is -0.901. The number of rotatable bonds is 6. The van der Waals surface area contributed by atoms with Gasteiger partial charge in [-0.25, -0.2) is 0 Å². The van der Waals surface area contributed by atoms with E-state index >= 15 is 0 Å². The van der Waals surface area contributed by atoms with E-state index in [4.69, 9.17) is 0 Å². The molecule has 118 valence electrons. The van der Waals surface area contributed by atoms with Crippen LogP contribution in [0.4, 0.5) is 0 Å². The maximum Gasteiger partial charge on any atom is 0.0987 e. The number of hydrogen-bond acceptors (Lipinski definition) is 5. The first-order valence-corrected chi connectivity index (χ1v) is 8.48. The zero-order valence-electron chi connectivity index (χ0n) is 12.4. The molecule has 2 rings (SSSR count). The van der Waals surface area contributed by atoms with Gasteiger partial charge in [-0.3, -0.25) is 4.90 Å². The van der Waals surface area contributed by atoms with Crippen LogP contribution in [0.25, 0.3) is 0 Å². The summed E-state index contributed by atoms with van der Waals surface area (Å²) >= 11 is 1.59. The molecule has 3 N–H and O–H groups in total. The molecule has 0 spiro atoms. The number of unbranched alkanes of at least 4 members (excludes halogenated alkanes) is 1. The molecule has 0 radical (unpaired) electrons.